The molecule has 7 nitrogen and oxygen atoms in total. The van der Waals surface area contributed by atoms with Crippen molar-refractivity contribution in [1.29, 1.82) is 0 Å². The van der Waals surface area contributed by atoms with E-state index in [-0.39, 0.29) is 11.7 Å². The summed E-state index contributed by atoms with van der Waals surface area (Å²) in [6.45, 7) is 3.55. The lowest BCUT2D eigenvalue weighted by atomic mass is 10.2. The third kappa shape index (κ3) is 5.12. The summed E-state index contributed by atoms with van der Waals surface area (Å²) < 4.78 is 1.71. The van der Waals surface area contributed by atoms with E-state index in [0.717, 1.165) is 17.8 Å². The molecule has 1 amide bonds. The van der Waals surface area contributed by atoms with Gasteiger partial charge in [-0.05, 0) is 43.6 Å². The van der Waals surface area contributed by atoms with Crippen LogP contribution < -0.4 is 5.32 Å². The maximum absolute atomic E-state index is 12.0. The summed E-state index contributed by atoms with van der Waals surface area (Å²) in [6, 6.07) is 7.70. The van der Waals surface area contributed by atoms with Crippen LogP contribution in [0.1, 0.15) is 5.56 Å². The summed E-state index contributed by atoms with van der Waals surface area (Å²) in [5, 5.41) is 15.1. The molecule has 0 radical (unpaired) electrons. The molecule has 22 heavy (non-hydrogen) atoms. The molecule has 8 heteroatoms. The number of aromatic nitrogens is 4. The van der Waals surface area contributed by atoms with Crippen molar-refractivity contribution >= 4 is 23.4 Å². The third-order valence-corrected chi connectivity index (χ3v) is 3.88. The van der Waals surface area contributed by atoms with E-state index in [4.69, 9.17) is 0 Å². The molecule has 0 saturated heterocycles. The normalized spacial score (nSPS) is 10.9. The minimum absolute atomic E-state index is 0.0731. The Bertz CT molecular complexity index is 610. The van der Waals surface area contributed by atoms with Gasteiger partial charge < -0.3 is 10.2 Å². The smallest absolute Gasteiger partial charge is 0.234 e. The molecule has 1 N–H and O–H groups in total. The molecule has 1 aromatic heterocycles. The number of carbonyl (C=O) groups is 1. The topological polar surface area (TPSA) is 75.9 Å². The first kappa shape index (κ1) is 16.4. The van der Waals surface area contributed by atoms with E-state index in [2.05, 4.69) is 25.7 Å². The lowest BCUT2D eigenvalue weighted by Gasteiger charge is -2.09. The molecule has 0 saturated carbocycles. The Hall–Kier alpha value is -1.93. The first-order chi connectivity index (χ1) is 10.5. The number of benzene rings is 1. The highest BCUT2D eigenvalue weighted by atomic mass is 32.2. The van der Waals surface area contributed by atoms with Gasteiger partial charge >= 0.3 is 0 Å². The Kier molecular flexibility index (Phi) is 5.91. The standard InChI is InChI=1S/C14H20N6OS/c1-11-4-6-12(7-5-11)15-13(21)10-22-14-16-17-18-20(14)9-8-19(2)3/h4-7H,8-10H2,1-3H3,(H,15,21). The van der Waals surface area contributed by atoms with Crippen LogP contribution in [0.3, 0.4) is 0 Å². The molecule has 0 aliphatic heterocycles. The first-order valence-electron chi connectivity index (χ1n) is 6.95. The van der Waals surface area contributed by atoms with E-state index >= 15 is 0 Å². The van der Waals surface area contributed by atoms with Crippen LogP contribution in [0.4, 0.5) is 5.69 Å². The number of rotatable bonds is 7. The molecule has 0 unspecified atom stereocenters. The maximum Gasteiger partial charge on any atom is 0.234 e. The van der Waals surface area contributed by atoms with Crippen LogP contribution in [-0.2, 0) is 11.3 Å². The van der Waals surface area contributed by atoms with Gasteiger partial charge in [-0.15, -0.1) is 5.10 Å². The second-order valence-corrected chi connectivity index (χ2v) is 6.13. The molecule has 0 aliphatic rings. The molecule has 2 rings (SSSR count). The van der Waals surface area contributed by atoms with Crippen LogP contribution in [0.15, 0.2) is 29.4 Å². The number of carbonyl (C=O) groups excluding carboxylic acids is 1. The average Bonchev–Trinajstić information content (AvgIpc) is 2.93. The van der Waals surface area contributed by atoms with Gasteiger partial charge in [-0.3, -0.25) is 4.79 Å². The van der Waals surface area contributed by atoms with Crippen molar-refractivity contribution in [1.82, 2.24) is 25.1 Å². The minimum atomic E-state index is -0.0731. The van der Waals surface area contributed by atoms with Gasteiger partial charge in [0.15, 0.2) is 0 Å². The van der Waals surface area contributed by atoms with Crippen molar-refractivity contribution in [3.8, 4) is 0 Å². The fourth-order valence-electron chi connectivity index (χ4n) is 1.70. The zero-order valence-electron chi connectivity index (χ0n) is 13.0. The zero-order valence-corrected chi connectivity index (χ0v) is 13.8. The predicted octanol–water partition coefficient (Wildman–Crippen LogP) is 1.27. The lowest BCUT2D eigenvalue weighted by molar-refractivity contribution is -0.113. The number of thioether (sulfide) groups is 1. The molecule has 0 bridgehead atoms. The van der Waals surface area contributed by atoms with Gasteiger partial charge in [0, 0.05) is 12.2 Å². The molecule has 0 fully saturated rings. The second kappa shape index (κ2) is 7.90. The Morgan fingerprint density at radius 1 is 1.32 bits per heavy atom. The van der Waals surface area contributed by atoms with Crippen LogP contribution in [-0.4, -0.2) is 57.4 Å². The van der Waals surface area contributed by atoms with Gasteiger partial charge in [0.05, 0.1) is 12.3 Å². The summed E-state index contributed by atoms with van der Waals surface area (Å²) in [5.74, 6) is 0.201. The number of aryl methyl sites for hydroxylation is 1. The highest BCUT2D eigenvalue weighted by molar-refractivity contribution is 7.99. The Morgan fingerprint density at radius 3 is 2.73 bits per heavy atom. The largest absolute Gasteiger partial charge is 0.325 e. The van der Waals surface area contributed by atoms with Gasteiger partial charge in [-0.1, -0.05) is 29.5 Å². The van der Waals surface area contributed by atoms with Crippen molar-refractivity contribution in [2.45, 2.75) is 18.6 Å². The predicted molar refractivity (Wildman–Crippen MR) is 86.9 cm³/mol. The van der Waals surface area contributed by atoms with Crippen LogP contribution in [0.25, 0.3) is 0 Å². The molecule has 2 aromatic rings. The van der Waals surface area contributed by atoms with Crippen LogP contribution >= 0.6 is 11.8 Å². The number of likely N-dealkylation sites (N-methyl/N-ethyl adjacent to an activating group) is 1. The van der Waals surface area contributed by atoms with Crippen molar-refractivity contribution in [3.63, 3.8) is 0 Å². The van der Waals surface area contributed by atoms with Gasteiger partial charge in [0.1, 0.15) is 0 Å². The first-order valence-corrected chi connectivity index (χ1v) is 7.93. The molecular formula is C14H20N6OS. The monoisotopic (exact) mass is 320 g/mol. The van der Waals surface area contributed by atoms with Gasteiger partial charge in [-0.2, -0.15) is 0 Å². The van der Waals surface area contributed by atoms with Crippen molar-refractivity contribution in [2.24, 2.45) is 0 Å². The molecular weight excluding hydrogens is 300 g/mol. The van der Waals surface area contributed by atoms with E-state index in [9.17, 15) is 4.79 Å². The zero-order chi connectivity index (χ0) is 15.9. The van der Waals surface area contributed by atoms with E-state index < -0.39 is 0 Å². The minimum Gasteiger partial charge on any atom is -0.325 e. The molecule has 118 valence electrons. The Labute approximate surface area is 134 Å². The molecule has 0 atom stereocenters. The summed E-state index contributed by atoms with van der Waals surface area (Å²) in [7, 11) is 3.98. The summed E-state index contributed by atoms with van der Waals surface area (Å²) >= 11 is 1.33. The van der Waals surface area contributed by atoms with E-state index in [1.54, 1.807) is 4.68 Å². The molecule has 0 spiro atoms. The summed E-state index contributed by atoms with van der Waals surface area (Å²) in [5.41, 5.74) is 1.95. The fourth-order valence-corrected chi connectivity index (χ4v) is 2.40. The van der Waals surface area contributed by atoms with Crippen LogP contribution in [0.5, 0.6) is 0 Å². The van der Waals surface area contributed by atoms with E-state index in [1.165, 1.54) is 11.8 Å². The highest BCUT2D eigenvalue weighted by Gasteiger charge is 2.10. The average molecular weight is 320 g/mol. The Balaban J connectivity index is 1.83. The fraction of sp³-hybridized carbons (Fsp3) is 0.429. The lowest BCUT2D eigenvalue weighted by Crippen LogP contribution is -2.20. The van der Waals surface area contributed by atoms with Crippen LogP contribution in [0.2, 0.25) is 0 Å². The quantitative estimate of drug-likeness (QED) is 0.774. The van der Waals surface area contributed by atoms with E-state index in [0.29, 0.717) is 11.7 Å². The van der Waals surface area contributed by atoms with Crippen LogP contribution in [0, 0.1) is 6.92 Å². The summed E-state index contributed by atoms with van der Waals surface area (Å²) in [4.78, 5) is 14.0. The number of hydrogen-bond donors (Lipinski definition) is 1. The molecule has 1 heterocycles. The van der Waals surface area contributed by atoms with Gasteiger partial charge in [0.25, 0.3) is 0 Å². The highest BCUT2D eigenvalue weighted by Crippen LogP contribution is 2.15. The number of amides is 1. The van der Waals surface area contributed by atoms with Crippen molar-refractivity contribution in [2.75, 3.05) is 31.7 Å². The number of tetrazole rings is 1. The Morgan fingerprint density at radius 2 is 2.05 bits per heavy atom. The van der Waals surface area contributed by atoms with Gasteiger partial charge in [0.2, 0.25) is 11.1 Å². The van der Waals surface area contributed by atoms with Gasteiger partial charge in [-0.25, -0.2) is 4.68 Å². The number of hydrogen-bond acceptors (Lipinski definition) is 6. The molecule has 1 aromatic carbocycles. The SMILES string of the molecule is Cc1ccc(NC(=O)CSc2nnnn2CCN(C)C)cc1. The number of nitrogens with one attached hydrogen (secondary N) is 1. The second-order valence-electron chi connectivity index (χ2n) is 5.19. The number of anilines is 1. The summed E-state index contributed by atoms with van der Waals surface area (Å²) in [6.07, 6.45) is 0. The number of nitrogens with zero attached hydrogens (tertiary/aromatic N) is 5. The van der Waals surface area contributed by atoms with Crippen molar-refractivity contribution < 1.29 is 4.79 Å². The molecule has 0 aliphatic carbocycles. The van der Waals surface area contributed by atoms with Crippen molar-refractivity contribution in [3.05, 3.63) is 29.8 Å². The third-order valence-electron chi connectivity index (χ3n) is 2.93. The maximum atomic E-state index is 12.0. The van der Waals surface area contributed by atoms with E-state index in [1.807, 2.05) is 45.3 Å².